The van der Waals surface area contributed by atoms with Gasteiger partial charge < -0.3 is 13.4 Å². The van der Waals surface area contributed by atoms with E-state index >= 15 is 0 Å². The molecule has 1 aliphatic carbocycles. The summed E-state index contributed by atoms with van der Waals surface area (Å²) in [5.74, 6) is 0. The van der Waals surface area contributed by atoms with Crippen LogP contribution in [0.1, 0.15) is 0 Å². The molecular weight excluding hydrogens is 599 g/mol. The highest BCUT2D eigenvalue weighted by atomic mass is 16.3. The van der Waals surface area contributed by atoms with Gasteiger partial charge in [0.25, 0.3) is 0 Å². The van der Waals surface area contributed by atoms with Crippen LogP contribution in [0.2, 0.25) is 0 Å². The molecule has 3 aromatic heterocycles. The topological polar surface area (TPSA) is 31.2 Å². The lowest BCUT2D eigenvalue weighted by Crippen LogP contribution is -1.94. The van der Waals surface area contributed by atoms with Crippen LogP contribution in [0.5, 0.6) is 0 Å². The molecule has 0 unspecified atom stereocenters. The van der Waals surface area contributed by atoms with Crippen molar-refractivity contribution in [2.45, 2.75) is 0 Å². The molecule has 0 fully saturated rings. The highest BCUT2D eigenvalue weighted by molar-refractivity contribution is 6.38. The van der Waals surface area contributed by atoms with Crippen LogP contribution in [0.25, 0.3) is 116 Å². The van der Waals surface area contributed by atoms with Gasteiger partial charge in [-0.05, 0) is 74.5 Å². The number of rotatable bonds is 2. The van der Waals surface area contributed by atoms with Crippen molar-refractivity contribution in [3.8, 4) is 39.1 Å². The molecule has 0 saturated heterocycles. The van der Waals surface area contributed by atoms with Crippen LogP contribution in [0.4, 0.5) is 0 Å². The Kier molecular flexibility index (Phi) is 4.72. The maximum absolute atomic E-state index is 6.78. The van der Waals surface area contributed by atoms with Crippen molar-refractivity contribution in [1.29, 1.82) is 0 Å². The lowest BCUT2D eigenvalue weighted by molar-refractivity contribution is 0.664. The molecule has 3 nitrogen and oxygen atoms in total. The van der Waals surface area contributed by atoms with Crippen LogP contribution in [0.3, 0.4) is 0 Å². The van der Waals surface area contributed by atoms with Gasteiger partial charge in [-0.1, -0.05) is 121 Å². The molecule has 0 radical (unpaired) electrons. The molecular formula is C46H25NO2. The Balaban J connectivity index is 1.15. The second-order valence-corrected chi connectivity index (χ2v) is 13.2. The van der Waals surface area contributed by atoms with E-state index in [2.05, 4.69) is 138 Å². The Morgan fingerprint density at radius 3 is 1.69 bits per heavy atom. The molecule has 226 valence electrons. The molecule has 0 N–H and O–H groups in total. The minimum atomic E-state index is 0.843. The SMILES string of the molecule is c1ccc2c(c1)-c1cccc3c(-c4ccc(-n5c6ccccc6c6c7c8ccccc8oc7c7c8ccccc8oc7c65)cc4)ccc-2c13. The van der Waals surface area contributed by atoms with Crippen molar-refractivity contribution < 1.29 is 8.83 Å². The molecule has 0 amide bonds. The zero-order chi connectivity index (χ0) is 31.8. The first-order valence-corrected chi connectivity index (χ1v) is 16.8. The Hall–Kier alpha value is -6.58. The van der Waals surface area contributed by atoms with Crippen molar-refractivity contribution >= 4 is 76.5 Å². The Morgan fingerprint density at radius 2 is 0.918 bits per heavy atom. The van der Waals surface area contributed by atoms with Crippen LogP contribution < -0.4 is 0 Å². The van der Waals surface area contributed by atoms with Crippen LogP contribution in [-0.4, -0.2) is 4.57 Å². The fraction of sp³-hybridized carbons (Fsp3) is 0. The largest absolute Gasteiger partial charge is 0.455 e. The van der Waals surface area contributed by atoms with E-state index in [1.54, 1.807) is 0 Å². The fourth-order valence-electron chi connectivity index (χ4n) is 8.73. The van der Waals surface area contributed by atoms with Crippen molar-refractivity contribution in [1.82, 2.24) is 4.57 Å². The monoisotopic (exact) mass is 623 g/mol. The van der Waals surface area contributed by atoms with Crippen molar-refractivity contribution in [3.05, 3.63) is 152 Å². The summed E-state index contributed by atoms with van der Waals surface area (Å²) in [6.45, 7) is 0. The Bertz CT molecular complexity index is 3180. The summed E-state index contributed by atoms with van der Waals surface area (Å²) >= 11 is 0. The number of aromatic nitrogens is 1. The molecule has 0 spiro atoms. The van der Waals surface area contributed by atoms with Crippen molar-refractivity contribution in [3.63, 3.8) is 0 Å². The van der Waals surface area contributed by atoms with Gasteiger partial charge in [0.15, 0.2) is 5.58 Å². The van der Waals surface area contributed by atoms with E-state index in [0.717, 1.165) is 66.0 Å². The number of hydrogen-bond acceptors (Lipinski definition) is 2. The Morgan fingerprint density at radius 1 is 0.347 bits per heavy atom. The van der Waals surface area contributed by atoms with Crippen LogP contribution in [0.15, 0.2) is 160 Å². The summed E-state index contributed by atoms with van der Waals surface area (Å²) in [7, 11) is 0. The van der Waals surface area contributed by atoms with Crippen LogP contribution in [0, 0.1) is 0 Å². The molecule has 8 aromatic carbocycles. The third-order valence-corrected chi connectivity index (χ3v) is 10.7. The summed E-state index contributed by atoms with van der Waals surface area (Å²) in [5, 5.41) is 9.28. The summed E-state index contributed by atoms with van der Waals surface area (Å²) in [4.78, 5) is 0. The van der Waals surface area contributed by atoms with Crippen LogP contribution >= 0.6 is 0 Å². The summed E-state index contributed by atoms with van der Waals surface area (Å²) in [6, 6.07) is 54.4. The number of nitrogens with zero attached hydrogens (tertiary/aromatic N) is 1. The van der Waals surface area contributed by atoms with Gasteiger partial charge in [0.2, 0.25) is 0 Å². The normalized spacial score (nSPS) is 12.5. The second kappa shape index (κ2) is 9.06. The predicted molar refractivity (Wildman–Crippen MR) is 203 cm³/mol. The lowest BCUT2D eigenvalue weighted by atomic mass is 9.94. The van der Waals surface area contributed by atoms with Gasteiger partial charge in [0.1, 0.15) is 16.7 Å². The van der Waals surface area contributed by atoms with Gasteiger partial charge in [-0.25, -0.2) is 0 Å². The molecule has 3 heteroatoms. The van der Waals surface area contributed by atoms with Crippen molar-refractivity contribution in [2.24, 2.45) is 0 Å². The molecule has 0 saturated carbocycles. The van der Waals surface area contributed by atoms with E-state index in [1.165, 1.54) is 49.5 Å². The smallest absolute Gasteiger partial charge is 0.163 e. The van der Waals surface area contributed by atoms with E-state index in [4.69, 9.17) is 8.83 Å². The average molecular weight is 624 g/mol. The van der Waals surface area contributed by atoms with Gasteiger partial charge in [0, 0.05) is 32.6 Å². The first-order valence-electron chi connectivity index (χ1n) is 16.8. The fourth-order valence-corrected chi connectivity index (χ4v) is 8.73. The van der Waals surface area contributed by atoms with E-state index in [-0.39, 0.29) is 0 Å². The molecule has 49 heavy (non-hydrogen) atoms. The number of fused-ring (bicyclic) bond motifs is 15. The zero-order valence-corrected chi connectivity index (χ0v) is 26.2. The van der Waals surface area contributed by atoms with Crippen molar-refractivity contribution in [2.75, 3.05) is 0 Å². The molecule has 1 aliphatic rings. The minimum absolute atomic E-state index is 0.843. The van der Waals surface area contributed by atoms with Gasteiger partial charge in [-0.15, -0.1) is 0 Å². The maximum atomic E-state index is 6.78. The summed E-state index contributed by atoms with van der Waals surface area (Å²) in [6.07, 6.45) is 0. The first kappa shape index (κ1) is 25.5. The molecule has 3 heterocycles. The molecule has 0 bridgehead atoms. The predicted octanol–water partition coefficient (Wildman–Crippen LogP) is 13.1. The summed E-state index contributed by atoms with van der Waals surface area (Å²) in [5.41, 5.74) is 14.4. The molecule has 12 rings (SSSR count). The third kappa shape index (κ3) is 3.17. The van der Waals surface area contributed by atoms with Crippen LogP contribution in [-0.2, 0) is 0 Å². The number of para-hydroxylation sites is 3. The average Bonchev–Trinajstić information content (AvgIpc) is 3.91. The molecule has 0 atom stereocenters. The molecule has 11 aromatic rings. The maximum Gasteiger partial charge on any atom is 0.163 e. The van der Waals surface area contributed by atoms with Gasteiger partial charge in [0.05, 0.1) is 16.4 Å². The highest BCUT2D eigenvalue weighted by Gasteiger charge is 2.27. The minimum Gasteiger partial charge on any atom is -0.455 e. The van der Waals surface area contributed by atoms with Gasteiger partial charge in [-0.2, -0.15) is 0 Å². The van der Waals surface area contributed by atoms with Gasteiger partial charge >= 0.3 is 0 Å². The van der Waals surface area contributed by atoms with E-state index in [0.29, 0.717) is 0 Å². The van der Waals surface area contributed by atoms with E-state index in [9.17, 15) is 0 Å². The highest BCUT2D eigenvalue weighted by Crippen LogP contribution is 2.50. The van der Waals surface area contributed by atoms with E-state index in [1.807, 2.05) is 18.2 Å². The second-order valence-electron chi connectivity index (χ2n) is 13.2. The third-order valence-electron chi connectivity index (χ3n) is 10.7. The first-order chi connectivity index (χ1) is 24.3. The lowest BCUT2D eigenvalue weighted by Gasteiger charge is -2.12. The molecule has 0 aliphatic heterocycles. The standard InChI is InChI=1S/C46H25NO2/c1-2-11-30-29(10-1)32-16-9-15-31-28(24-25-33(30)40(31)32)26-20-22-27(23-21-26)47-37-17-6-3-12-34(37)41-42-35-13-4-7-18-38(35)48-45(42)43-36-14-5-8-19-39(36)49-46(43)44(41)47/h1-25H. The number of hydrogen-bond donors (Lipinski definition) is 0. The number of furan rings is 2. The van der Waals surface area contributed by atoms with E-state index < -0.39 is 0 Å². The summed E-state index contributed by atoms with van der Waals surface area (Å²) < 4.78 is 15.8. The quantitative estimate of drug-likeness (QED) is 0.192. The Labute approximate surface area is 279 Å². The van der Waals surface area contributed by atoms with Gasteiger partial charge in [-0.3, -0.25) is 0 Å². The number of benzene rings is 8. The zero-order valence-electron chi connectivity index (χ0n) is 26.2.